The fourth-order valence-corrected chi connectivity index (χ4v) is 5.21. The quantitative estimate of drug-likeness (QED) is 0.377. The maximum atomic E-state index is 12.7. The Morgan fingerprint density at radius 3 is 2.81 bits per heavy atom. The van der Waals surface area contributed by atoms with Gasteiger partial charge in [-0.05, 0) is 55.7 Å². The van der Waals surface area contributed by atoms with Crippen LogP contribution in [0, 0.1) is 0 Å². The first kappa shape index (κ1) is 19.0. The summed E-state index contributed by atoms with van der Waals surface area (Å²) in [4.78, 5) is 30.2. The molecule has 1 saturated carbocycles. The van der Waals surface area contributed by atoms with Crippen LogP contribution < -0.4 is 16.2 Å². The van der Waals surface area contributed by atoms with Crippen molar-refractivity contribution in [1.29, 1.82) is 0 Å². The monoisotopic (exact) mass is 443 g/mol. The van der Waals surface area contributed by atoms with Crippen molar-refractivity contribution in [3.8, 4) is 5.69 Å². The standard InChI is InChI=1S/C23H21N7OS/c31-22-17-7-10-24-18(17)8-11-30(22)16-5-6-20(26-13-16)27-14-3-4-15(12-14)28-23-29-19-2-1-9-25-21(19)32-23/h1-2,5-11,13-15,24H,3-4,12H2,(H,26,27)(H,28,29)/t14-,15-/m0/s1. The lowest BCUT2D eigenvalue weighted by atomic mass is 10.2. The molecular formula is C23H21N7OS. The van der Waals surface area contributed by atoms with Gasteiger partial charge in [-0.15, -0.1) is 0 Å². The number of nitrogens with zero attached hydrogens (tertiary/aromatic N) is 4. The third kappa shape index (κ3) is 3.50. The van der Waals surface area contributed by atoms with Crippen LogP contribution in [0.3, 0.4) is 0 Å². The summed E-state index contributed by atoms with van der Waals surface area (Å²) in [5.74, 6) is 0.819. The normalized spacial score (nSPS) is 18.4. The van der Waals surface area contributed by atoms with Gasteiger partial charge in [-0.3, -0.25) is 9.36 Å². The van der Waals surface area contributed by atoms with Crippen molar-refractivity contribution in [2.24, 2.45) is 0 Å². The fraction of sp³-hybridized carbons (Fsp3) is 0.217. The summed E-state index contributed by atoms with van der Waals surface area (Å²) in [6.45, 7) is 0. The van der Waals surface area contributed by atoms with Crippen LogP contribution in [0.2, 0.25) is 0 Å². The molecule has 1 fully saturated rings. The molecule has 6 rings (SSSR count). The van der Waals surface area contributed by atoms with E-state index in [1.807, 2.05) is 30.3 Å². The van der Waals surface area contributed by atoms with E-state index < -0.39 is 0 Å². The van der Waals surface area contributed by atoms with E-state index in [0.717, 1.165) is 51.8 Å². The van der Waals surface area contributed by atoms with Gasteiger partial charge < -0.3 is 15.6 Å². The van der Waals surface area contributed by atoms with Crippen molar-refractivity contribution in [2.45, 2.75) is 31.3 Å². The lowest BCUT2D eigenvalue weighted by Crippen LogP contribution is -2.21. The van der Waals surface area contributed by atoms with Gasteiger partial charge in [0.2, 0.25) is 0 Å². The van der Waals surface area contributed by atoms with Crippen LogP contribution in [0.4, 0.5) is 10.9 Å². The van der Waals surface area contributed by atoms with Crippen molar-refractivity contribution in [3.63, 3.8) is 0 Å². The average Bonchev–Trinajstić information content (AvgIpc) is 3.54. The van der Waals surface area contributed by atoms with E-state index in [4.69, 9.17) is 0 Å². The Kier molecular flexibility index (Phi) is 4.61. The molecule has 1 aliphatic carbocycles. The van der Waals surface area contributed by atoms with Crippen molar-refractivity contribution >= 4 is 43.5 Å². The SMILES string of the molecule is O=c1c2cc[nH]c2ccn1-c1ccc(N[C@H]2CC[C@H](Nc3nc4cccnc4s3)C2)nc1. The lowest BCUT2D eigenvalue weighted by molar-refractivity contribution is 0.722. The highest BCUT2D eigenvalue weighted by atomic mass is 32.1. The Morgan fingerprint density at radius 1 is 1.06 bits per heavy atom. The van der Waals surface area contributed by atoms with E-state index in [2.05, 4.69) is 30.6 Å². The highest BCUT2D eigenvalue weighted by molar-refractivity contribution is 7.21. The van der Waals surface area contributed by atoms with Gasteiger partial charge in [0.1, 0.15) is 16.2 Å². The molecule has 1 aliphatic rings. The maximum absolute atomic E-state index is 12.7. The number of rotatable bonds is 5. The molecule has 8 nitrogen and oxygen atoms in total. The first-order chi connectivity index (χ1) is 15.7. The topological polar surface area (TPSA) is 101 Å². The predicted octanol–water partition coefficient (Wildman–Crippen LogP) is 4.16. The van der Waals surface area contributed by atoms with E-state index in [0.29, 0.717) is 17.5 Å². The van der Waals surface area contributed by atoms with Gasteiger partial charge in [0, 0.05) is 30.7 Å². The number of nitrogens with one attached hydrogen (secondary N) is 3. The first-order valence-electron chi connectivity index (χ1n) is 10.6. The van der Waals surface area contributed by atoms with Crippen molar-refractivity contribution in [2.75, 3.05) is 10.6 Å². The number of H-pyrrole nitrogens is 1. The number of thiazole rings is 1. The van der Waals surface area contributed by atoms with E-state index in [1.54, 1.807) is 46.8 Å². The second-order valence-electron chi connectivity index (χ2n) is 8.04. The molecule has 0 aliphatic heterocycles. The van der Waals surface area contributed by atoms with E-state index >= 15 is 0 Å². The number of hydrogen-bond donors (Lipinski definition) is 3. The minimum atomic E-state index is -0.0546. The third-order valence-electron chi connectivity index (χ3n) is 5.92. The summed E-state index contributed by atoms with van der Waals surface area (Å²) in [5, 5.41) is 8.69. The largest absolute Gasteiger partial charge is 0.367 e. The molecule has 0 saturated heterocycles. The Balaban J connectivity index is 1.11. The zero-order valence-electron chi connectivity index (χ0n) is 17.2. The fourth-order valence-electron chi connectivity index (χ4n) is 4.33. The number of pyridine rings is 3. The second-order valence-corrected chi connectivity index (χ2v) is 9.02. The number of fused-ring (bicyclic) bond motifs is 2. The number of aromatic amines is 1. The number of hydrogen-bond acceptors (Lipinski definition) is 7. The van der Waals surface area contributed by atoms with Crippen molar-refractivity contribution in [3.05, 3.63) is 71.5 Å². The van der Waals surface area contributed by atoms with Crippen molar-refractivity contribution in [1.82, 2.24) is 24.5 Å². The zero-order valence-corrected chi connectivity index (χ0v) is 18.0. The summed E-state index contributed by atoms with van der Waals surface area (Å²) in [6.07, 6.45) is 10.2. The van der Waals surface area contributed by atoms with Gasteiger partial charge in [-0.2, -0.15) is 0 Å². The maximum Gasteiger partial charge on any atom is 0.264 e. The van der Waals surface area contributed by atoms with E-state index in [-0.39, 0.29) is 5.56 Å². The van der Waals surface area contributed by atoms with Gasteiger partial charge in [0.05, 0.1) is 22.8 Å². The molecule has 9 heteroatoms. The number of aromatic nitrogens is 5. The average molecular weight is 444 g/mol. The lowest BCUT2D eigenvalue weighted by Gasteiger charge is -2.15. The molecule has 0 amide bonds. The smallest absolute Gasteiger partial charge is 0.264 e. The van der Waals surface area contributed by atoms with Crippen LogP contribution in [-0.2, 0) is 0 Å². The minimum Gasteiger partial charge on any atom is -0.367 e. The minimum absolute atomic E-state index is 0.0546. The molecule has 3 N–H and O–H groups in total. The van der Waals surface area contributed by atoms with Crippen LogP contribution in [0.25, 0.3) is 26.9 Å². The number of anilines is 2. The first-order valence-corrected chi connectivity index (χ1v) is 11.4. The highest BCUT2D eigenvalue weighted by Gasteiger charge is 2.25. The third-order valence-corrected chi connectivity index (χ3v) is 6.83. The Hall–Kier alpha value is -3.72. The summed E-state index contributed by atoms with van der Waals surface area (Å²) in [5.41, 5.74) is 2.47. The van der Waals surface area contributed by atoms with Gasteiger partial charge in [0.15, 0.2) is 5.13 Å². The van der Waals surface area contributed by atoms with E-state index in [9.17, 15) is 4.79 Å². The molecule has 32 heavy (non-hydrogen) atoms. The second kappa shape index (κ2) is 7.76. The molecule has 0 unspecified atom stereocenters. The van der Waals surface area contributed by atoms with Crippen LogP contribution in [0.15, 0.2) is 66.0 Å². The Morgan fingerprint density at radius 2 is 1.97 bits per heavy atom. The molecule has 0 aromatic carbocycles. The molecule has 5 aromatic heterocycles. The van der Waals surface area contributed by atoms with E-state index in [1.165, 1.54) is 0 Å². The molecule has 5 aromatic rings. The molecular weight excluding hydrogens is 422 g/mol. The summed E-state index contributed by atoms with van der Waals surface area (Å²) in [7, 11) is 0. The highest BCUT2D eigenvalue weighted by Crippen LogP contribution is 2.29. The van der Waals surface area contributed by atoms with Gasteiger partial charge >= 0.3 is 0 Å². The Bertz CT molecular complexity index is 1420. The summed E-state index contributed by atoms with van der Waals surface area (Å²) >= 11 is 1.60. The van der Waals surface area contributed by atoms with Gasteiger partial charge in [0.25, 0.3) is 5.56 Å². The van der Waals surface area contributed by atoms with Crippen LogP contribution in [-0.4, -0.2) is 36.6 Å². The zero-order chi connectivity index (χ0) is 21.5. The van der Waals surface area contributed by atoms with Gasteiger partial charge in [-0.1, -0.05) is 11.3 Å². The summed E-state index contributed by atoms with van der Waals surface area (Å²) < 4.78 is 1.62. The predicted molar refractivity (Wildman–Crippen MR) is 128 cm³/mol. The Labute approximate surface area is 187 Å². The molecule has 0 bridgehead atoms. The summed E-state index contributed by atoms with van der Waals surface area (Å²) in [6, 6.07) is 12.2. The van der Waals surface area contributed by atoms with Crippen LogP contribution in [0.1, 0.15) is 19.3 Å². The molecule has 0 spiro atoms. The van der Waals surface area contributed by atoms with Crippen LogP contribution in [0.5, 0.6) is 0 Å². The molecule has 160 valence electrons. The molecule has 0 radical (unpaired) electrons. The van der Waals surface area contributed by atoms with Crippen LogP contribution >= 0.6 is 11.3 Å². The van der Waals surface area contributed by atoms with Crippen molar-refractivity contribution < 1.29 is 0 Å². The van der Waals surface area contributed by atoms with Gasteiger partial charge in [-0.25, -0.2) is 15.0 Å². The molecule has 5 heterocycles. The molecule has 2 atom stereocenters.